The van der Waals surface area contributed by atoms with Gasteiger partial charge < -0.3 is 19.0 Å². The first-order valence-corrected chi connectivity index (χ1v) is 24.3. The summed E-state index contributed by atoms with van der Waals surface area (Å²) in [4.78, 5) is 4.89. The maximum atomic E-state index is 7.32. The molecule has 1 aliphatic heterocycles. The van der Waals surface area contributed by atoms with Crippen molar-refractivity contribution in [1.82, 2.24) is 0 Å². The van der Waals surface area contributed by atoms with Crippen molar-refractivity contribution in [3.8, 4) is 22.6 Å². The van der Waals surface area contributed by atoms with E-state index in [2.05, 4.69) is 259 Å². The van der Waals surface area contributed by atoms with Gasteiger partial charge >= 0.3 is 0 Å². The maximum absolute atomic E-state index is 7.32. The highest BCUT2D eigenvalue weighted by molar-refractivity contribution is 6.19. The maximum Gasteiger partial charge on any atom is 0.145 e. The molecule has 0 N–H and O–H groups in total. The number of furan rings is 1. The highest BCUT2D eigenvalue weighted by Crippen LogP contribution is 2.65. The minimum absolute atomic E-state index is 0.000861. The summed E-state index contributed by atoms with van der Waals surface area (Å²) in [6.07, 6.45) is 0. The minimum Gasteiger partial charge on any atom is -0.457 e. The number of hydrogen-bond donors (Lipinski definition) is 0. The molecule has 0 saturated heterocycles. The van der Waals surface area contributed by atoms with Crippen molar-refractivity contribution < 1.29 is 9.15 Å². The topological polar surface area (TPSA) is 28.9 Å². The molecule has 1 spiro atoms. The molecule has 4 nitrogen and oxygen atoms in total. The third-order valence-electron chi connectivity index (χ3n) is 14.7. The lowest BCUT2D eigenvalue weighted by molar-refractivity contribution is 0.436. The fourth-order valence-corrected chi connectivity index (χ4v) is 11.2. The Labute approximate surface area is 406 Å². The second-order valence-corrected chi connectivity index (χ2v) is 21.0. The van der Waals surface area contributed by atoms with E-state index in [1.807, 2.05) is 0 Å². The normalized spacial score (nSPS) is 13.4. The van der Waals surface area contributed by atoms with Gasteiger partial charge in [-0.3, -0.25) is 0 Å². The summed E-state index contributed by atoms with van der Waals surface area (Å²) in [6.45, 7) is 18.1. The van der Waals surface area contributed by atoms with E-state index in [-0.39, 0.29) is 10.8 Å². The Balaban J connectivity index is 1.22. The van der Waals surface area contributed by atoms with Crippen molar-refractivity contribution in [3.63, 3.8) is 0 Å². The average Bonchev–Trinajstić information content (AvgIpc) is 3.87. The van der Waals surface area contributed by atoms with Gasteiger partial charge in [-0.25, -0.2) is 0 Å². The number of benzene rings is 9. The zero-order valence-electron chi connectivity index (χ0n) is 40.7. The van der Waals surface area contributed by atoms with Crippen molar-refractivity contribution in [2.45, 2.75) is 71.6 Å². The zero-order valence-corrected chi connectivity index (χ0v) is 40.7. The quantitative estimate of drug-likeness (QED) is 0.166. The lowest BCUT2D eigenvalue weighted by Crippen LogP contribution is -2.32. The molecule has 69 heavy (non-hydrogen) atoms. The number of aryl methyl sites for hydroxylation is 2. The van der Waals surface area contributed by atoms with Crippen LogP contribution in [0.2, 0.25) is 0 Å². The highest BCUT2D eigenvalue weighted by Gasteiger charge is 2.53. The predicted octanol–water partition coefficient (Wildman–Crippen LogP) is 18.2. The number of hydrogen-bond acceptors (Lipinski definition) is 4. The molecule has 2 heterocycles. The summed E-state index contributed by atoms with van der Waals surface area (Å²) in [5.74, 6) is 1.68. The molecule has 0 fully saturated rings. The van der Waals surface area contributed by atoms with E-state index in [4.69, 9.17) is 9.15 Å². The number of para-hydroxylation sites is 5. The van der Waals surface area contributed by atoms with Crippen LogP contribution in [-0.4, -0.2) is 0 Å². The number of fused-ring (bicyclic) bond motifs is 13. The Bertz CT molecular complexity index is 3590. The van der Waals surface area contributed by atoms with E-state index < -0.39 is 5.41 Å². The third kappa shape index (κ3) is 6.56. The summed E-state index contributed by atoms with van der Waals surface area (Å²) < 4.78 is 14.2. The van der Waals surface area contributed by atoms with Crippen LogP contribution >= 0.6 is 0 Å². The van der Waals surface area contributed by atoms with E-state index in [0.29, 0.717) is 0 Å². The molecular weight excluding hydrogens is 841 g/mol. The molecular formula is C65H56N2O2. The van der Waals surface area contributed by atoms with Gasteiger partial charge in [-0.1, -0.05) is 163 Å². The van der Waals surface area contributed by atoms with E-state index in [0.717, 1.165) is 95.4 Å². The first kappa shape index (κ1) is 42.5. The van der Waals surface area contributed by atoms with Gasteiger partial charge in [0.2, 0.25) is 0 Å². The van der Waals surface area contributed by atoms with Crippen molar-refractivity contribution in [1.29, 1.82) is 0 Å². The van der Waals surface area contributed by atoms with Gasteiger partial charge in [0, 0.05) is 50.5 Å². The van der Waals surface area contributed by atoms with Gasteiger partial charge in [-0.05, 0) is 136 Å². The van der Waals surface area contributed by atoms with Crippen molar-refractivity contribution in [2.75, 3.05) is 9.80 Å². The molecule has 4 heteroatoms. The molecule has 1 aromatic heterocycles. The largest absolute Gasteiger partial charge is 0.457 e. The van der Waals surface area contributed by atoms with Gasteiger partial charge in [0.1, 0.15) is 22.7 Å². The molecule has 0 bridgehead atoms. The minimum atomic E-state index is -0.810. The third-order valence-corrected chi connectivity index (χ3v) is 14.7. The predicted molar refractivity (Wildman–Crippen MR) is 287 cm³/mol. The molecule has 0 unspecified atom stereocenters. The van der Waals surface area contributed by atoms with Crippen LogP contribution in [0.15, 0.2) is 199 Å². The first-order chi connectivity index (χ1) is 33.3. The Morgan fingerprint density at radius 3 is 1.49 bits per heavy atom. The first-order valence-electron chi connectivity index (χ1n) is 24.3. The number of anilines is 6. The Kier molecular flexibility index (Phi) is 9.62. The second kappa shape index (κ2) is 15.6. The van der Waals surface area contributed by atoms with E-state index in [1.165, 1.54) is 27.8 Å². The summed E-state index contributed by atoms with van der Waals surface area (Å²) >= 11 is 0. The van der Waals surface area contributed by atoms with Gasteiger partial charge in [0.25, 0.3) is 0 Å². The van der Waals surface area contributed by atoms with E-state index >= 15 is 0 Å². The summed E-state index contributed by atoms with van der Waals surface area (Å²) in [5.41, 5.74) is 19.2. The lowest BCUT2D eigenvalue weighted by atomic mass is 9.66. The van der Waals surface area contributed by atoms with Crippen LogP contribution in [0.25, 0.3) is 33.1 Å². The molecule has 0 saturated carbocycles. The molecule has 338 valence electrons. The monoisotopic (exact) mass is 896 g/mol. The smallest absolute Gasteiger partial charge is 0.145 e. The van der Waals surface area contributed by atoms with Crippen LogP contribution in [0.3, 0.4) is 0 Å². The van der Waals surface area contributed by atoms with Crippen LogP contribution in [0.4, 0.5) is 34.1 Å². The number of rotatable bonds is 6. The summed E-state index contributed by atoms with van der Waals surface area (Å²) in [7, 11) is 0. The van der Waals surface area contributed by atoms with Crippen molar-refractivity contribution in [3.05, 3.63) is 239 Å². The number of nitrogens with zero attached hydrogens (tertiary/aromatic N) is 2. The van der Waals surface area contributed by atoms with Gasteiger partial charge in [0.15, 0.2) is 0 Å². The fourth-order valence-electron chi connectivity index (χ4n) is 11.2. The van der Waals surface area contributed by atoms with E-state index in [1.54, 1.807) is 0 Å². The average molecular weight is 897 g/mol. The second-order valence-electron chi connectivity index (χ2n) is 21.0. The van der Waals surface area contributed by atoms with Crippen LogP contribution in [0, 0.1) is 13.8 Å². The molecule has 0 amide bonds. The molecule has 0 atom stereocenters. The SMILES string of the molecule is Cc1ccccc1N(c1ccc(C(C)(C)C)cc1)c1ccc2c(c1)C1(c3ccccc3Oc3ccccc31)c1cc(N(c3ccc(C(C)(C)C)cc3)c3ccccc3C)c3c(oc4ccccc43)c1-2. The molecule has 0 radical (unpaired) electrons. The van der Waals surface area contributed by atoms with Crippen LogP contribution < -0.4 is 14.5 Å². The zero-order chi connectivity index (χ0) is 47.4. The summed E-state index contributed by atoms with van der Waals surface area (Å²) in [5, 5.41) is 2.15. The van der Waals surface area contributed by atoms with Crippen LogP contribution in [0.5, 0.6) is 11.5 Å². The Morgan fingerprint density at radius 2 is 0.913 bits per heavy atom. The highest BCUT2D eigenvalue weighted by atomic mass is 16.5. The molecule has 2 aliphatic rings. The number of ether oxygens (including phenoxy) is 1. The van der Waals surface area contributed by atoms with Gasteiger partial charge in [-0.15, -0.1) is 0 Å². The fraction of sp³-hybridized carbons (Fsp3) is 0.169. The molecule has 9 aromatic carbocycles. The lowest BCUT2D eigenvalue weighted by Gasteiger charge is -2.40. The Morgan fingerprint density at radius 1 is 0.420 bits per heavy atom. The molecule has 10 aromatic rings. The van der Waals surface area contributed by atoms with Crippen molar-refractivity contribution >= 4 is 56.1 Å². The van der Waals surface area contributed by atoms with Crippen molar-refractivity contribution in [2.24, 2.45) is 0 Å². The van der Waals surface area contributed by atoms with E-state index in [9.17, 15) is 0 Å². The summed E-state index contributed by atoms with van der Waals surface area (Å²) in [6, 6.07) is 71.2. The molecule has 1 aliphatic carbocycles. The standard InChI is InChI=1S/C65H56N2O2/c1-41-19-9-14-24-54(41)66(45-33-29-43(30-34-45)63(3,4)5)47-37-38-48-52(39-47)65(50-22-12-17-27-58(50)68-59-28-18-13-23-51(59)65)53-40-56(61-49-21-11-16-26-57(49)69-62(61)60(48)53)67(55-25-15-10-20-42(55)2)46-35-31-44(32-36-46)64(6,7)8/h9-40H,1-8H3. The van der Waals surface area contributed by atoms with Crippen LogP contribution in [0.1, 0.15) is 86.1 Å². The van der Waals surface area contributed by atoms with Crippen LogP contribution in [-0.2, 0) is 16.2 Å². The molecule has 12 rings (SSSR count). The van der Waals surface area contributed by atoms with Gasteiger partial charge in [0.05, 0.1) is 16.5 Å². The van der Waals surface area contributed by atoms with Gasteiger partial charge in [-0.2, -0.15) is 0 Å². The Hall–Kier alpha value is -7.82.